The normalized spacial score (nSPS) is 21.7. The van der Waals surface area contributed by atoms with Gasteiger partial charge in [0.2, 0.25) is 5.69 Å². The van der Waals surface area contributed by atoms with Gasteiger partial charge in [0, 0.05) is 48.1 Å². The molecule has 0 saturated heterocycles. The highest BCUT2D eigenvalue weighted by molar-refractivity contribution is 6.06. The third-order valence-electron chi connectivity index (χ3n) is 10.1. The third-order valence-corrected chi connectivity index (χ3v) is 10.1. The highest BCUT2D eigenvalue weighted by Gasteiger charge is 2.48. The molecule has 0 aromatic heterocycles. The standard InChI is InChI=1S/C43H47N2O2/c1-6-8-27-42(4)35-16-11-12-17-37(35)44-39(42)18-13-19-40-43(5,28-26-41(46)47-34-14-9-10-15-34)36-30-33(32-22-20-31(3)21-23-32)24-25-38(36)45(40)29-7-2/h6,8-17,19-25,30,34H,7,18,26-29H2,1-5H3/q+1/b8-6?,19-13+. The number of carbonyl (C=O) groups is 1. The van der Waals surface area contributed by atoms with Crippen molar-refractivity contribution in [2.75, 3.05) is 6.54 Å². The minimum absolute atomic E-state index is 0.140. The van der Waals surface area contributed by atoms with Crippen LogP contribution in [-0.2, 0) is 20.4 Å². The van der Waals surface area contributed by atoms with E-state index in [4.69, 9.17) is 9.73 Å². The Labute approximate surface area is 280 Å². The molecule has 0 radical (unpaired) electrons. The number of esters is 1. The van der Waals surface area contributed by atoms with Crippen LogP contribution in [0, 0.1) is 6.92 Å². The molecule has 0 amide bonds. The van der Waals surface area contributed by atoms with Gasteiger partial charge in [-0.15, -0.1) is 0 Å². The molecule has 3 aromatic carbocycles. The first-order chi connectivity index (χ1) is 22.8. The molecule has 0 spiro atoms. The first kappa shape index (κ1) is 32.4. The quantitative estimate of drug-likeness (QED) is 0.114. The molecular weight excluding hydrogens is 576 g/mol. The van der Waals surface area contributed by atoms with Gasteiger partial charge < -0.3 is 4.74 Å². The van der Waals surface area contributed by atoms with Gasteiger partial charge in [0.05, 0.1) is 11.1 Å². The van der Waals surface area contributed by atoms with Crippen molar-refractivity contribution in [1.82, 2.24) is 0 Å². The van der Waals surface area contributed by atoms with Crippen LogP contribution in [0.25, 0.3) is 11.1 Å². The fourth-order valence-corrected chi connectivity index (χ4v) is 7.35. The molecule has 2 unspecified atom stereocenters. The molecule has 240 valence electrons. The van der Waals surface area contributed by atoms with Gasteiger partial charge in [-0.2, -0.15) is 4.58 Å². The molecule has 0 bridgehead atoms. The number of allylic oxidation sites excluding steroid dienone is 6. The number of carbonyl (C=O) groups excluding carboxylic acids is 1. The monoisotopic (exact) mass is 623 g/mol. The number of fused-ring (bicyclic) bond motifs is 2. The van der Waals surface area contributed by atoms with E-state index < -0.39 is 0 Å². The highest BCUT2D eigenvalue weighted by Crippen LogP contribution is 2.46. The topological polar surface area (TPSA) is 41.7 Å². The molecule has 0 saturated carbocycles. The van der Waals surface area contributed by atoms with Crippen molar-refractivity contribution >= 4 is 28.8 Å². The van der Waals surface area contributed by atoms with Crippen LogP contribution in [-0.4, -0.2) is 34.6 Å². The Bertz CT molecular complexity index is 1830. The second kappa shape index (κ2) is 13.7. The molecule has 6 rings (SSSR count). The first-order valence-corrected chi connectivity index (χ1v) is 17.1. The van der Waals surface area contributed by atoms with Crippen molar-refractivity contribution in [3.8, 4) is 11.1 Å². The number of rotatable bonds is 12. The van der Waals surface area contributed by atoms with Gasteiger partial charge in [-0.25, -0.2) is 0 Å². The van der Waals surface area contributed by atoms with E-state index in [0.717, 1.165) is 31.5 Å². The lowest BCUT2D eigenvalue weighted by Crippen LogP contribution is -2.33. The molecule has 4 nitrogen and oxygen atoms in total. The molecule has 4 heteroatoms. The van der Waals surface area contributed by atoms with Gasteiger partial charge in [0.1, 0.15) is 12.6 Å². The summed E-state index contributed by atoms with van der Waals surface area (Å²) in [4.78, 5) is 18.3. The molecule has 47 heavy (non-hydrogen) atoms. The maximum absolute atomic E-state index is 13.1. The van der Waals surface area contributed by atoms with Gasteiger partial charge in [-0.3, -0.25) is 9.79 Å². The van der Waals surface area contributed by atoms with E-state index in [0.29, 0.717) is 12.8 Å². The van der Waals surface area contributed by atoms with Crippen LogP contribution in [0.1, 0.15) is 76.5 Å². The van der Waals surface area contributed by atoms with Crippen LogP contribution in [0.4, 0.5) is 11.4 Å². The summed E-state index contributed by atoms with van der Waals surface area (Å²) in [6.45, 7) is 12.0. The Hall–Kier alpha value is -4.57. The molecule has 3 aromatic rings. The van der Waals surface area contributed by atoms with Gasteiger partial charge in [0.15, 0.2) is 5.71 Å². The fourth-order valence-electron chi connectivity index (χ4n) is 7.35. The van der Waals surface area contributed by atoms with Gasteiger partial charge in [0.25, 0.3) is 0 Å². The zero-order valence-electron chi connectivity index (χ0n) is 28.5. The van der Waals surface area contributed by atoms with Gasteiger partial charge >= 0.3 is 5.97 Å². The van der Waals surface area contributed by atoms with Crippen LogP contribution in [0.15, 0.2) is 120 Å². The minimum atomic E-state index is -0.378. The summed E-state index contributed by atoms with van der Waals surface area (Å²) in [6, 6.07) is 24.1. The van der Waals surface area contributed by atoms with E-state index in [2.05, 4.69) is 130 Å². The van der Waals surface area contributed by atoms with Crippen molar-refractivity contribution in [3.63, 3.8) is 0 Å². The number of ether oxygens (including phenoxy) is 1. The number of nitrogens with zero attached hydrogens (tertiary/aromatic N) is 2. The van der Waals surface area contributed by atoms with E-state index in [-0.39, 0.29) is 22.9 Å². The second-order valence-electron chi connectivity index (χ2n) is 13.5. The van der Waals surface area contributed by atoms with Crippen molar-refractivity contribution in [3.05, 3.63) is 132 Å². The van der Waals surface area contributed by atoms with Crippen molar-refractivity contribution in [2.24, 2.45) is 4.99 Å². The summed E-state index contributed by atoms with van der Waals surface area (Å²) >= 11 is 0. The highest BCUT2D eigenvalue weighted by atomic mass is 16.5. The summed E-state index contributed by atoms with van der Waals surface area (Å²) in [5, 5.41) is 0. The number of hydrogen-bond donors (Lipinski definition) is 0. The second-order valence-corrected chi connectivity index (χ2v) is 13.5. The minimum Gasteiger partial charge on any atom is -0.454 e. The number of aryl methyl sites for hydroxylation is 1. The van der Waals surface area contributed by atoms with Crippen LogP contribution in [0.2, 0.25) is 0 Å². The average Bonchev–Trinajstić information content (AvgIpc) is 3.75. The Kier molecular flexibility index (Phi) is 9.40. The van der Waals surface area contributed by atoms with Gasteiger partial charge in [-0.05, 0) is 87.6 Å². The maximum atomic E-state index is 13.1. The zero-order chi connectivity index (χ0) is 33.0. The first-order valence-electron chi connectivity index (χ1n) is 17.1. The lowest BCUT2D eigenvalue weighted by molar-refractivity contribution is -0.437. The third kappa shape index (κ3) is 6.39. The largest absolute Gasteiger partial charge is 0.454 e. The molecule has 0 fully saturated rings. The van der Waals surface area contributed by atoms with Crippen LogP contribution in [0.5, 0.6) is 0 Å². The maximum Gasteiger partial charge on any atom is 0.306 e. The fraction of sp³-hybridized carbons (Fsp3) is 0.326. The molecule has 0 N–H and O–H groups in total. The van der Waals surface area contributed by atoms with Crippen LogP contribution in [0.3, 0.4) is 0 Å². The van der Waals surface area contributed by atoms with Crippen LogP contribution < -0.4 is 0 Å². The summed E-state index contributed by atoms with van der Waals surface area (Å²) < 4.78 is 8.25. The van der Waals surface area contributed by atoms with E-state index in [1.807, 2.05) is 24.3 Å². The van der Waals surface area contributed by atoms with Crippen LogP contribution >= 0.6 is 0 Å². The molecule has 1 aliphatic carbocycles. The molecule has 2 heterocycles. The number of aliphatic imine (C=N–C) groups is 1. The number of para-hydroxylation sites is 1. The summed E-state index contributed by atoms with van der Waals surface area (Å²) in [6.07, 6.45) is 20.1. The molecular formula is C43H47N2O2+. The SMILES string of the molecule is CC=CCC1(C)C(C/C=C/C2=[N+](CCC)c3ccc(-c4ccc(C)cc4)cc3C2(C)CCC(=O)OC2C=CC=C2)=Nc2ccccc21. The van der Waals surface area contributed by atoms with Gasteiger partial charge in [-0.1, -0.05) is 85.3 Å². The lowest BCUT2D eigenvalue weighted by Gasteiger charge is -2.26. The zero-order valence-corrected chi connectivity index (χ0v) is 28.5. The summed E-state index contributed by atoms with van der Waals surface area (Å²) in [7, 11) is 0. The smallest absolute Gasteiger partial charge is 0.306 e. The van der Waals surface area contributed by atoms with E-state index in [1.165, 1.54) is 44.9 Å². The molecule has 3 aliphatic rings. The molecule has 2 atom stereocenters. The van der Waals surface area contributed by atoms with E-state index in [9.17, 15) is 4.79 Å². The van der Waals surface area contributed by atoms with Crippen molar-refractivity contribution < 1.29 is 14.1 Å². The molecule has 2 aliphatic heterocycles. The van der Waals surface area contributed by atoms with Crippen molar-refractivity contribution in [1.29, 1.82) is 0 Å². The average molecular weight is 624 g/mol. The lowest BCUT2D eigenvalue weighted by atomic mass is 9.74. The predicted molar refractivity (Wildman–Crippen MR) is 196 cm³/mol. The Balaban J connectivity index is 1.35. The summed E-state index contributed by atoms with van der Waals surface area (Å²) in [5.74, 6) is -0.168. The van der Waals surface area contributed by atoms with Crippen molar-refractivity contribution in [2.45, 2.75) is 83.7 Å². The van der Waals surface area contributed by atoms with E-state index in [1.54, 1.807) is 0 Å². The Morgan fingerprint density at radius 3 is 2.43 bits per heavy atom. The number of hydrogen-bond acceptors (Lipinski definition) is 3. The van der Waals surface area contributed by atoms with E-state index >= 15 is 0 Å². The summed E-state index contributed by atoms with van der Waals surface area (Å²) in [5.41, 5.74) is 10.4. The predicted octanol–water partition coefficient (Wildman–Crippen LogP) is 10.2. The Morgan fingerprint density at radius 1 is 0.936 bits per heavy atom. The number of benzene rings is 3. The Morgan fingerprint density at radius 2 is 1.68 bits per heavy atom.